The van der Waals surface area contributed by atoms with E-state index in [-0.39, 0.29) is 0 Å². The van der Waals surface area contributed by atoms with Gasteiger partial charge in [-0.2, -0.15) is 0 Å². The Morgan fingerprint density at radius 3 is 2.67 bits per heavy atom. The number of likely N-dealkylation sites (N-methyl/N-ethyl adjacent to an activating group) is 1. The minimum Gasteiger partial charge on any atom is -0.385 e. The normalized spacial score (nSPS) is 20.6. The van der Waals surface area contributed by atoms with Gasteiger partial charge in [0.1, 0.15) is 0 Å². The molecule has 0 amide bonds. The van der Waals surface area contributed by atoms with Crippen molar-refractivity contribution in [2.45, 2.75) is 44.7 Å². The monoisotopic (exact) mass is 214 g/mol. The first-order valence-electron chi connectivity index (χ1n) is 6.10. The maximum absolute atomic E-state index is 6.08. The summed E-state index contributed by atoms with van der Waals surface area (Å²) in [4.78, 5) is 2.41. The van der Waals surface area contributed by atoms with Crippen LogP contribution in [0.2, 0.25) is 0 Å². The molecule has 0 aromatic carbocycles. The lowest BCUT2D eigenvalue weighted by molar-refractivity contribution is 0.180. The van der Waals surface area contributed by atoms with Gasteiger partial charge in [0.15, 0.2) is 0 Å². The van der Waals surface area contributed by atoms with Crippen LogP contribution in [0.5, 0.6) is 0 Å². The zero-order chi connectivity index (χ0) is 11.3. The zero-order valence-electron chi connectivity index (χ0n) is 10.4. The smallest absolute Gasteiger partial charge is 0.0462 e. The maximum Gasteiger partial charge on any atom is 0.0462 e. The number of nitrogens with zero attached hydrogens (tertiary/aromatic N) is 1. The summed E-state index contributed by atoms with van der Waals surface area (Å²) in [5.41, 5.74) is 6.08. The number of nitrogens with two attached hydrogens (primary N) is 1. The highest BCUT2D eigenvalue weighted by molar-refractivity contribution is 4.85. The molecule has 2 unspecified atom stereocenters. The van der Waals surface area contributed by atoms with E-state index in [2.05, 4.69) is 18.9 Å². The van der Waals surface area contributed by atoms with E-state index in [1.807, 2.05) is 0 Å². The Morgan fingerprint density at radius 1 is 1.47 bits per heavy atom. The molecule has 15 heavy (non-hydrogen) atoms. The predicted molar refractivity (Wildman–Crippen MR) is 63.9 cm³/mol. The molecule has 0 radical (unpaired) electrons. The van der Waals surface area contributed by atoms with E-state index < -0.39 is 0 Å². The van der Waals surface area contributed by atoms with E-state index in [1.165, 1.54) is 12.8 Å². The van der Waals surface area contributed by atoms with Crippen molar-refractivity contribution in [1.29, 1.82) is 0 Å². The second kappa shape index (κ2) is 6.46. The molecule has 1 saturated carbocycles. The molecule has 0 aromatic rings. The first kappa shape index (κ1) is 12.9. The van der Waals surface area contributed by atoms with Crippen LogP contribution in [0.15, 0.2) is 0 Å². The van der Waals surface area contributed by atoms with Crippen LogP contribution in [0.4, 0.5) is 0 Å². The fourth-order valence-corrected chi connectivity index (χ4v) is 2.06. The van der Waals surface area contributed by atoms with Crippen LogP contribution in [0.3, 0.4) is 0 Å². The van der Waals surface area contributed by atoms with Gasteiger partial charge in [-0.3, -0.25) is 0 Å². The first-order valence-corrected chi connectivity index (χ1v) is 6.10. The molecule has 1 aliphatic rings. The van der Waals surface area contributed by atoms with Crippen molar-refractivity contribution in [3.05, 3.63) is 0 Å². The molecule has 1 rings (SSSR count). The van der Waals surface area contributed by atoms with Gasteiger partial charge >= 0.3 is 0 Å². The van der Waals surface area contributed by atoms with Gasteiger partial charge in [0.05, 0.1) is 0 Å². The van der Waals surface area contributed by atoms with Crippen molar-refractivity contribution in [3.8, 4) is 0 Å². The van der Waals surface area contributed by atoms with Crippen LogP contribution in [-0.4, -0.2) is 44.3 Å². The third-order valence-electron chi connectivity index (χ3n) is 3.45. The summed E-state index contributed by atoms with van der Waals surface area (Å²) in [5, 5.41) is 0. The standard InChI is InChI=1S/C12H26N2O/c1-10(11-6-7-11)14(2)9-12(13)5-4-8-15-3/h10-12H,4-9,13H2,1-3H3. The molecular weight excluding hydrogens is 188 g/mol. The fourth-order valence-electron chi connectivity index (χ4n) is 2.06. The molecule has 3 heteroatoms. The highest BCUT2D eigenvalue weighted by Crippen LogP contribution is 2.34. The molecule has 90 valence electrons. The van der Waals surface area contributed by atoms with Gasteiger partial charge in [0, 0.05) is 32.3 Å². The third-order valence-corrected chi connectivity index (χ3v) is 3.45. The molecule has 2 atom stereocenters. The summed E-state index contributed by atoms with van der Waals surface area (Å²) in [6.07, 6.45) is 4.95. The molecule has 0 bridgehead atoms. The second-order valence-corrected chi connectivity index (χ2v) is 4.91. The number of ether oxygens (including phenoxy) is 1. The average molecular weight is 214 g/mol. The number of rotatable bonds is 8. The molecule has 0 saturated heterocycles. The molecule has 1 aliphatic carbocycles. The van der Waals surface area contributed by atoms with Crippen molar-refractivity contribution >= 4 is 0 Å². The van der Waals surface area contributed by atoms with Crippen LogP contribution in [0.1, 0.15) is 32.6 Å². The van der Waals surface area contributed by atoms with E-state index in [4.69, 9.17) is 10.5 Å². The summed E-state index contributed by atoms with van der Waals surface area (Å²) in [5.74, 6) is 0.932. The van der Waals surface area contributed by atoms with Gasteiger partial charge < -0.3 is 15.4 Å². The SMILES string of the molecule is COCCCC(N)CN(C)C(C)C1CC1. The van der Waals surface area contributed by atoms with E-state index in [9.17, 15) is 0 Å². The van der Waals surface area contributed by atoms with Gasteiger partial charge in [-0.05, 0) is 45.6 Å². The fraction of sp³-hybridized carbons (Fsp3) is 1.00. The van der Waals surface area contributed by atoms with Gasteiger partial charge in [-0.1, -0.05) is 0 Å². The van der Waals surface area contributed by atoms with Gasteiger partial charge in [-0.25, -0.2) is 0 Å². The number of methoxy groups -OCH3 is 1. The third kappa shape index (κ3) is 4.96. The minimum absolute atomic E-state index is 0.298. The lowest BCUT2D eigenvalue weighted by atomic mass is 10.1. The number of hydrogen-bond donors (Lipinski definition) is 1. The van der Waals surface area contributed by atoms with Crippen molar-refractivity contribution in [3.63, 3.8) is 0 Å². The Morgan fingerprint density at radius 2 is 2.13 bits per heavy atom. The summed E-state index contributed by atoms with van der Waals surface area (Å²) < 4.78 is 5.02. The molecular formula is C12H26N2O. The Kier molecular flexibility index (Phi) is 5.58. The van der Waals surface area contributed by atoms with E-state index in [1.54, 1.807) is 7.11 Å². The maximum atomic E-state index is 6.08. The largest absolute Gasteiger partial charge is 0.385 e. The van der Waals surface area contributed by atoms with E-state index in [0.29, 0.717) is 12.1 Å². The highest BCUT2D eigenvalue weighted by atomic mass is 16.5. The van der Waals surface area contributed by atoms with Gasteiger partial charge in [0.25, 0.3) is 0 Å². The zero-order valence-corrected chi connectivity index (χ0v) is 10.4. The summed E-state index contributed by atoms with van der Waals surface area (Å²) in [6.45, 7) is 4.16. The topological polar surface area (TPSA) is 38.5 Å². The Labute approximate surface area is 94.0 Å². The van der Waals surface area contributed by atoms with Gasteiger partial charge in [-0.15, -0.1) is 0 Å². The van der Waals surface area contributed by atoms with Crippen molar-refractivity contribution < 1.29 is 4.74 Å². The molecule has 2 N–H and O–H groups in total. The summed E-state index contributed by atoms with van der Waals surface area (Å²) in [6, 6.07) is 1.00. The molecule has 3 nitrogen and oxygen atoms in total. The van der Waals surface area contributed by atoms with Crippen LogP contribution < -0.4 is 5.73 Å². The van der Waals surface area contributed by atoms with E-state index >= 15 is 0 Å². The first-order chi connectivity index (χ1) is 7.15. The van der Waals surface area contributed by atoms with Crippen molar-refractivity contribution in [2.24, 2.45) is 11.7 Å². The number of hydrogen-bond acceptors (Lipinski definition) is 3. The van der Waals surface area contributed by atoms with Crippen LogP contribution in [0, 0.1) is 5.92 Å². The van der Waals surface area contributed by atoms with Crippen molar-refractivity contribution in [2.75, 3.05) is 27.3 Å². The Bertz CT molecular complexity index is 171. The van der Waals surface area contributed by atoms with Crippen LogP contribution in [-0.2, 0) is 4.74 Å². The average Bonchev–Trinajstić information content (AvgIpc) is 3.00. The van der Waals surface area contributed by atoms with Crippen molar-refractivity contribution in [1.82, 2.24) is 4.90 Å². The van der Waals surface area contributed by atoms with Crippen LogP contribution >= 0.6 is 0 Å². The van der Waals surface area contributed by atoms with Crippen LogP contribution in [0.25, 0.3) is 0 Å². The summed E-state index contributed by atoms with van der Waals surface area (Å²) in [7, 11) is 3.94. The molecule has 0 heterocycles. The molecule has 0 spiro atoms. The lowest BCUT2D eigenvalue weighted by Gasteiger charge is -2.27. The Hall–Kier alpha value is -0.120. The predicted octanol–water partition coefficient (Wildman–Crippen LogP) is 1.47. The highest BCUT2D eigenvalue weighted by Gasteiger charge is 2.30. The molecule has 1 fully saturated rings. The van der Waals surface area contributed by atoms with E-state index in [0.717, 1.165) is 31.9 Å². The second-order valence-electron chi connectivity index (χ2n) is 4.91. The molecule has 0 aliphatic heterocycles. The van der Waals surface area contributed by atoms with Gasteiger partial charge in [0.2, 0.25) is 0 Å². The minimum atomic E-state index is 0.298. The quantitative estimate of drug-likeness (QED) is 0.622. The summed E-state index contributed by atoms with van der Waals surface area (Å²) >= 11 is 0. The molecule has 0 aromatic heterocycles. The Balaban J connectivity index is 2.09. The lowest BCUT2D eigenvalue weighted by Crippen LogP contribution is -2.40.